The molecule has 0 fully saturated rings. The molecule has 2 atom stereocenters. The molecule has 2 unspecified atom stereocenters. The zero-order valence-electron chi connectivity index (χ0n) is 10.9. The zero-order chi connectivity index (χ0) is 14.1. The van der Waals surface area contributed by atoms with Crippen molar-refractivity contribution in [2.45, 2.75) is 24.8 Å². The standard InChI is InChI=1S/C16H16F2N2/c17-13-6-12(7-14(18)9-13)16(20-19)8-11-5-10-3-1-2-4-15(10)11/h1-4,6-7,9,11,16,20H,5,8,19H2. The van der Waals surface area contributed by atoms with Gasteiger partial charge in [-0.2, -0.15) is 0 Å². The third-order valence-corrected chi connectivity index (χ3v) is 3.97. The fourth-order valence-electron chi connectivity index (χ4n) is 2.93. The van der Waals surface area contributed by atoms with Crippen molar-refractivity contribution in [3.8, 4) is 0 Å². The third-order valence-electron chi connectivity index (χ3n) is 3.97. The number of nitrogens with one attached hydrogen (secondary N) is 1. The summed E-state index contributed by atoms with van der Waals surface area (Å²) in [6.45, 7) is 0. The van der Waals surface area contributed by atoms with Crippen LogP contribution >= 0.6 is 0 Å². The summed E-state index contributed by atoms with van der Waals surface area (Å²) in [6.07, 6.45) is 1.72. The van der Waals surface area contributed by atoms with E-state index in [1.165, 1.54) is 23.3 Å². The minimum atomic E-state index is -0.575. The molecule has 1 aliphatic carbocycles. The molecule has 4 heteroatoms. The van der Waals surface area contributed by atoms with Gasteiger partial charge >= 0.3 is 0 Å². The number of fused-ring (bicyclic) bond motifs is 1. The van der Waals surface area contributed by atoms with Crippen molar-refractivity contribution < 1.29 is 8.78 Å². The van der Waals surface area contributed by atoms with Crippen molar-refractivity contribution in [1.82, 2.24) is 5.43 Å². The number of hydrazine groups is 1. The predicted molar refractivity (Wildman–Crippen MR) is 73.9 cm³/mol. The average Bonchev–Trinajstić information content (AvgIpc) is 2.39. The molecular formula is C16H16F2N2. The summed E-state index contributed by atoms with van der Waals surface area (Å²) in [6, 6.07) is 11.5. The molecule has 0 saturated carbocycles. The van der Waals surface area contributed by atoms with Crippen LogP contribution in [0.1, 0.15) is 35.1 Å². The zero-order valence-corrected chi connectivity index (χ0v) is 10.9. The van der Waals surface area contributed by atoms with Crippen molar-refractivity contribution >= 4 is 0 Å². The number of halogens is 2. The summed E-state index contributed by atoms with van der Waals surface area (Å²) in [7, 11) is 0. The maximum atomic E-state index is 13.3. The number of rotatable bonds is 4. The molecule has 0 aromatic heterocycles. The van der Waals surface area contributed by atoms with E-state index in [0.29, 0.717) is 11.5 Å². The normalized spacial score (nSPS) is 18.2. The first kappa shape index (κ1) is 13.2. The fraction of sp³-hybridized carbons (Fsp3) is 0.250. The molecule has 20 heavy (non-hydrogen) atoms. The van der Waals surface area contributed by atoms with Gasteiger partial charge in [-0.25, -0.2) is 8.78 Å². The Bertz CT molecular complexity index is 607. The van der Waals surface area contributed by atoms with Crippen molar-refractivity contribution in [3.05, 3.63) is 70.8 Å². The van der Waals surface area contributed by atoms with Crippen LogP contribution < -0.4 is 11.3 Å². The molecule has 0 bridgehead atoms. The highest BCUT2D eigenvalue weighted by molar-refractivity contribution is 5.40. The minimum absolute atomic E-state index is 0.251. The molecule has 0 heterocycles. The molecule has 3 rings (SSSR count). The number of hydrogen-bond acceptors (Lipinski definition) is 2. The first-order valence-corrected chi connectivity index (χ1v) is 6.67. The Labute approximate surface area is 116 Å². The van der Waals surface area contributed by atoms with E-state index in [2.05, 4.69) is 17.6 Å². The van der Waals surface area contributed by atoms with Gasteiger partial charge in [0.15, 0.2) is 0 Å². The Balaban J connectivity index is 1.79. The van der Waals surface area contributed by atoms with Crippen LogP contribution in [0.3, 0.4) is 0 Å². The van der Waals surface area contributed by atoms with E-state index in [0.717, 1.165) is 18.9 Å². The lowest BCUT2D eigenvalue weighted by Gasteiger charge is -2.33. The van der Waals surface area contributed by atoms with Gasteiger partial charge in [-0.1, -0.05) is 24.3 Å². The molecule has 2 aromatic rings. The summed E-state index contributed by atoms with van der Waals surface area (Å²) < 4.78 is 26.6. The monoisotopic (exact) mass is 274 g/mol. The second-order valence-electron chi connectivity index (χ2n) is 5.26. The van der Waals surface area contributed by atoms with E-state index in [9.17, 15) is 8.78 Å². The highest BCUT2D eigenvalue weighted by atomic mass is 19.1. The van der Waals surface area contributed by atoms with E-state index in [1.807, 2.05) is 12.1 Å². The third kappa shape index (κ3) is 2.44. The van der Waals surface area contributed by atoms with Crippen LogP contribution in [0.25, 0.3) is 0 Å². The summed E-state index contributed by atoms with van der Waals surface area (Å²) in [5, 5.41) is 0. The number of benzene rings is 2. The van der Waals surface area contributed by atoms with E-state index in [4.69, 9.17) is 5.84 Å². The second kappa shape index (κ2) is 5.31. The average molecular weight is 274 g/mol. The molecule has 0 radical (unpaired) electrons. The fourth-order valence-corrected chi connectivity index (χ4v) is 2.93. The molecule has 1 aliphatic rings. The summed E-state index contributed by atoms with van der Waals surface area (Å²) in [5.74, 6) is 4.80. The van der Waals surface area contributed by atoms with E-state index < -0.39 is 11.6 Å². The molecule has 0 aliphatic heterocycles. The smallest absolute Gasteiger partial charge is 0.126 e. The molecule has 0 amide bonds. The van der Waals surface area contributed by atoms with Crippen molar-refractivity contribution in [2.24, 2.45) is 5.84 Å². The Morgan fingerprint density at radius 1 is 1.15 bits per heavy atom. The van der Waals surface area contributed by atoms with Gasteiger partial charge in [-0.15, -0.1) is 0 Å². The second-order valence-corrected chi connectivity index (χ2v) is 5.26. The van der Waals surface area contributed by atoms with Gasteiger partial charge < -0.3 is 0 Å². The van der Waals surface area contributed by atoms with E-state index >= 15 is 0 Å². The van der Waals surface area contributed by atoms with Crippen molar-refractivity contribution in [2.75, 3.05) is 0 Å². The largest absolute Gasteiger partial charge is 0.271 e. The van der Waals surface area contributed by atoms with E-state index in [1.54, 1.807) is 0 Å². The van der Waals surface area contributed by atoms with E-state index in [-0.39, 0.29) is 6.04 Å². The highest BCUT2D eigenvalue weighted by Gasteiger charge is 2.28. The highest BCUT2D eigenvalue weighted by Crippen LogP contribution is 2.40. The molecule has 0 saturated heterocycles. The number of hydrogen-bond donors (Lipinski definition) is 2. The maximum Gasteiger partial charge on any atom is 0.126 e. The SMILES string of the molecule is NNC(CC1Cc2ccccc21)c1cc(F)cc(F)c1. The molecule has 104 valence electrons. The summed E-state index contributed by atoms with van der Waals surface area (Å²) >= 11 is 0. The molecule has 0 spiro atoms. The summed E-state index contributed by atoms with van der Waals surface area (Å²) in [5.41, 5.74) is 5.88. The Kier molecular flexibility index (Phi) is 3.51. The van der Waals surface area contributed by atoms with Crippen LogP contribution in [-0.4, -0.2) is 0 Å². The van der Waals surface area contributed by atoms with Gasteiger partial charge in [0, 0.05) is 12.1 Å². The lowest BCUT2D eigenvalue weighted by atomic mass is 9.74. The topological polar surface area (TPSA) is 38.0 Å². The van der Waals surface area contributed by atoms with Gasteiger partial charge in [-0.05, 0) is 47.6 Å². The number of nitrogens with two attached hydrogens (primary N) is 1. The van der Waals surface area contributed by atoms with Crippen LogP contribution in [0, 0.1) is 11.6 Å². The molecular weight excluding hydrogens is 258 g/mol. The Morgan fingerprint density at radius 3 is 2.50 bits per heavy atom. The summed E-state index contributed by atoms with van der Waals surface area (Å²) in [4.78, 5) is 0. The molecule has 2 aromatic carbocycles. The van der Waals surface area contributed by atoms with Crippen LogP contribution in [0.15, 0.2) is 42.5 Å². The quantitative estimate of drug-likeness (QED) is 0.663. The van der Waals surface area contributed by atoms with Crippen LogP contribution in [0.4, 0.5) is 8.78 Å². The van der Waals surface area contributed by atoms with Gasteiger partial charge in [0.2, 0.25) is 0 Å². The Morgan fingerprint density at radius 2 is 1.85 bits per heavy atom. The first-order chi connectivity index (χ1) is 9.67. The van der Waals surface area contributed by atoms with Gasteiger partial charge in [0.1, 0.15) is 11.6 Å². The molecule has 3 N–H and O–H groups in total. The van der Waals surface area contributed by atoms with Gasteiger partial charge in [0.05, 0.1) is 0 Å². The van der Waals surface area contributed by atoms with Crippen LogP contribution in [0.5, 0.6) is 0 Å². The maximum absolute atomic E-state index is 13.3. The predicted octanol–water partition coefficient (Wildman–Crippen LogP) is 3.20. The van der Waals surface area contributed by atoms with Gasteiger partial charge in [-0.3, -0.25) is 11.3 Å². The lowest BCUT2D eigenvalue weighted by molar-refractivity contribution is 0.431. The van der Waals surface area contributed by atoms with Crippen molar-refractivity contribution in [1.29, 1.82) is 0 Å². The van der Waals surface area contributed by atoms with Gasteiger partial charge in [0.25, 0.3) is 0 Å². The molecule has 2 nitrogen and oxygen atoms in total. The lowest BCUT2D eigenvalue weighted by Crippen LogP contribution is -2.31. The Hall–Kier alpha value is -1.78. The van der Waals surface area contributed by atoms with Crippen LogP contribution in [0.2, 0.25) is 0 Å². The minimum Gasteiger partial charge on any atom is -0.271 e. The van der Waals surface area contributed by atoms with Crippen LogP contribution in [-0.2, 0) is 6.42 Å². The first-order valence-electron chi connectivity index (χ1n) is 6.67. The van der Waals surface area contributed by atoms with Crippen molar-refractivity contribution in [3.63, 3.8) is 0 Å².